The van der Waals surface area contributed by atoms with Gasteiger partial charge in [-0.05, 0) is 24.5 Å². The summed E-state index contributed by atoms with van der Waals surface area (Å²) < 4.78 is 0.964. The number of carbonyl (C=O) groups is 1. The van der Waals surface area contributed by atoms with Crippen LogP contribution in [0.25, 0.3) is 0 Å². The highest BCUT2D eigenvalue weighted by molar-refractivity contribution is 9.10. The number of benzene rings is 1. The fraction of sp³-hybridized carbons (Fsp3) is 0.429. The molecule has 0 saturated heterocycles. The highest BCUT2D eigenvalue weighted by atomic mass is 79.9. The van der Waals surface area contributed by atoms with Gasteiger partial charge in [0.1, 0.15) is 5.41 Å². The molecular weight excluding hydrogens is 322 g/mol. The number of carbonyl (C=O) groups excluding carboxylic acids is 1. The van der Waals surface area contributed by atoms with Crippen molar-refractivity contribution < 1.29 is 10.0 Å². The summed E-state index contributed by atoms with van der Waals surface area (Å²) in [4.78, 5) is 14.2. The molecule has 20 heavy (non-hydrogen) atoms. The third kappa shape index (κ3) is 2.52. The summed E-state index contributed by atoms with van der Waals surface area (Å²) in [6.07, 6.45) is 2.20. The second kappa shape index (κ2) is 5.83. The summed E-state index contributed by atoms with van der Waals surface area (Å²) in [5, 5.41) is 11.9. The number of nitrogens with two attached hydrogens (primary N) is 1. The first-order chi connectivity index (χ1) is 9.51. The maximum Gasteiger partial charge on any atom is 0.236 e. The summed E-state index contributed by atoms with van der Waals surface area (Å²) in [5.74, 6) is -0.0671. The van der Waals surface area contributed by atoms with Crippen LogP contribution in [0.1, 0.15) is 24.8 Å². The van der Waals surface area contributed by atoms with E-state index in [1.165, 1.54) is 0 Å². The molecule has 6 heteroatoms. The zero-order valence-corrected chi connectivity index (χ0v) is 12.9. The van der Waals surface area contributed by atoms with Gasteiger partial charge in [0.2, 0.25) is 5.91 Å². The Kier molecular flexibility index (Phi) is 4.32. The molecular formula is C14H18BrN3O2. The van der Waals surface area contributed by atoms with E-state index in [9.17, 15) is 4.79 Å². The van der Waals surface area contributed by atoms with Gasteiger partial charge in [-0.25, -0.2) is 0 Å². The molecule has 1 amide bonds. The number of halogens is 1. The quantitative estimate of drug-likeness (QED) is 0.382. The number of nitrogens with zero attached hydrogens (tertiary/aromatic N) is 2. The van der Waals surface area contributed by atoms with E-state index in [1.807, 2.05) is 24.3 Å². The van der Waals surface area contributed by atoms with Gasteiger partial charge < -0.3 is 15.8 Å². The number of amides is 1. The van der Waals surface area contributed by atoms with Crippen LogP contribution in [0.2, 0.25) is 0 Å². The predicted octanol–water partition coefficient (Wildman–Crippen LogP) is 2.32. The van der Waals surface area contributed by atoms with Gasteiger partial charge in [0.15, 0.2) is 5.84 Å². The van der Waals surface area contributed by atoms with E-state index in [-0.39, 0.29) is 11.7 Å². The average Bonchev–Trinajstić information content (AvgIpc) is 2.39. The maximum atomic E-state index is 12.6. The predicted molar refractivity (Wildman–Crippen MR) is 80.3 cm³/mol. The molecule has 0 radical (unpaired) electrons. The minimum absolute atomic E-state index is 0.0210. The molecule has 1 saturated carbocycles. The van der Waals surface area contributed by atoms with E-state index in [0.29, 0.717) is 19.4 Å². The van der Waals surface area contributed by atoms with E-state index >= 15 is 0 Å². The van der Waals surface area contributed by atoms with Crippen molar-refractivity contribution in [3.8, 4) is 0 Å². The van der Waals surface area contributed by atoms with E-state index in [2.05, 4.69) is 21.1 Å². The van der Waals surface area contributed by atoms with E-state index < -0.39 is 5.41 Å². The van der Waals surface area contributed by atoms with Crippen molar-refractivity contribution in [1.82, 2.24) is 4.90 Å². The number of hydrogen-bond acceptors (Lipinski definition) is 3. The van der Waals surface area contributed by atoms with Crippen LogP contribution < -0.4 is 5.73 Å². The lowest BCUT2D eigenvalue weighted by Crippen LogP contribution is -2.54. The van der Waals surface area contributed by atoms with Crippen molar-refractivity contribution >= 4 is 27.7 Å². The zero-order chi connectivity index (χ0) is 14.8. The van der Waals surface area contributed by atoms with Crippen molar-refractivity contribution in [2.75, 3.05) is 7.05 Å². The Balaban J connectivity index is 2.15. The summed E-state index contributed by atoms with van der Waals surface area (Å²) in [6.45, 7) is 0.487. The van der Waals surface area contributed by atoms with Crippen molar-refractivity contribution in [2.24, 2.45) is 16.3 Å². The molecule has 3 N–H and O–H groups in total. The van der Waals surface area contributed by atoms with Gasteiger partial charge in [-0.2, -0.15) is 0 Å². The summed E-state index contributed by atoms with van der Waals surface area (Å²) in [7, 11) is 1.74. The first-order valence-corrected chi connectivity index (χ1v) is 7.27. The average molecular weight is 340 g/mol. The van der Waals surface area contributed by atoms with Crippen LogP contribution in [0.15, 0.2) is 33.9 Å². The molecule has 0 aromatic heterocycles. The second-order valence-electron chi connectivity index (χ2n) is 5.17. The molecule has 2 rings (SSSR count). The Hall–Kier alpha value is -1.56. The molecule has 1 aliphatic carbocycles. The number of hydrogen-bond donors (Lipinski definition) is 2. The minimum Gasteiger partial charge on any atom is -0.409 e. The maximum absolute atomic E-state index is 12.6. The van der Waals surface area contributed by atoms with Crippen LogP contribution in [0.5, 0.6) is 0 Å². The third-order valence-corrected chi connectivity index (χ3v) is 4.70. The SMILES string of the molecule is CN(Cc1ccccc1Br)C(=O)C1(/C(N)=N/O)CCC1. The number of amidine groups is 1. The minimum atomic E-state index is -0.815. The molecule has 0 heterocycles. The lowest BCUT2D eigenvalue weighted by Gasteiger charge is -2.41. The van der Waals surface area contributed by atoms with Gasteiger partial charge >= 0.3 is 0 Å². The summed E-state index contributed by atoms with van der Waals surface area (Å²) in [6, 6.07) is 7.77. The molecule has 1 fully saturated rings. The van der Waals surface area contributed by atoms with Crippen LogP contribution in [-0.2, 0) is 11.3 Å². The monoisotopic (exact) mass is 339 g/mol. The zero-order valence-electron chi connectivity index (χ0n) is 11.3. The Morgan fingerprint density at radius 2 is 2.15 bits per heavy atom. The number of oxime groups is 1. The first kappa shape index (κ1) is 14.8. The molecule has 5 nitrogen and oxygen atoms in total. The van der Waals surface area contributed by atoms with Crippen molar-refractivity contribution in [3.05, 3.63) is 34.3 Å². The van der Waals surface area contributed by atoms with Crippen molar-refractivity contribution in [2.45, 2.75) is 25.8 Å². The van der Waals surface area contributed by atoms with E-state index in [0.717, 1.165) is 16.5 Å². The summed E-state index contributed by atoms with van der Waals surface area (Å²) in [5.41, 5.74) is 5.93. The Labute approximate surface area is 126 Å². The molecule has 108 valence electrons. The highest BCUT2D eigenvalue weighted by Crippen LogP contribution is 2.42. The van der Waals surface area contributed by atoms with Gasteiger partial charge in [-0.3, -0.25) is 4.79 Å². The molecule has 0 atom stereocenters. The van der Waals surface area contributed by atoms with Crippen molar-refractivity contribution in [3.63, 3.8) is 0 Å². The fourth-order valence-corrected chi connectivity index (χ4v) is 2.94. The van der Waals surface area contributed by atoms with Crippen molar-refractivity contribution in [1.29, 1.82) is 0 Å². The largest absolute Gasteiger partial charge is 0.409 e. The first-order valence-electron chi connectivity index (χ1n) is 6.48. The molecule has 0 unspecified atom stereocenters. The van der Waals surface area contributed by atoms with E-state index in [4.69, 9.17) is 10.9 Å². The Morgan fingerprint density at radius 3 is 2.65 bits per heavy atom. The van der Waals surface area contributed by atoms with Crippen LogP contribution in [0, 0.1) is 5.41 Å². The third-order valence-electron chi connectivity index (χ3n) is 3.93. The van der Waals surface area contributed by atoms with Crippen LogP contribution >= 0.6 is 15.9 Å². The Morgan fingerprint density at radius 1 is 1.50 bits per heavy atom. The molecule has 1 aromatic rings. The fourth-order valence-electron chi connectivity index (χ4n) is 2.52. The summed E-state index contributed by atoms with van der Waals surface area (Å²) >= 11 is 3.47. The normalized spacial score (nSPS) is 17.4. The molecule has 0 bridgehead atoms. The van der Waals surface area contributed by atoms with Gasteiger partial charge in [0.05, 0.1) is 0 Å². The standard InChI is InChI=1S/C14H18BrN3O2/c1-18(9-10-5-2-3-6-11(10)15)13(19)14(7-4-8-14)12(16)17-20/h2-3,5-6,20H,4,7-9H2,1H3,(H2,16,17). The topological polar surface area (TPSA) is 78.9 Å². The smallest absolute Gasteiger partial charge is 0.236 e. The van der Waals surface area contributed by atoms with Crippen LogP contribution in [-0.4, -0.2) is 28.9 Å². The lowest BCUT2D eigenvalue weighted by atomic mass is 9.67. The highest BCUT2D eigenvalue weighted by Gasteiger charge is 2.49. The van der Waals surface area contributed by atoms with Crippen LogP contribution in [0.3, 0.4) is 0 Å². The van der Waals surface area contributed by atoms with Gasteiger partial charge in [-0.1, -0.05) is 45.7 Å². The molecule has 1 aliphatic rings. The molecule has 0 aliphatic heterocycles. The second-order valence-corrected chi connectivity index (χ2v) is 6.03. The van der Waals surface area contributed by atoms with Gasteiger partial charge in [0, 0.05) is 18.1 Å². The lowest BCUT2D eigenvalue weighted by molar-refractivity contribution is -0.141. The van der Waals surface area contributed by atoms with E-state index in [1.54, 1.807) is 11.9 Å². The molecule has 0 spiro atoms. The number of rotatable bonds is 4. The Bertz CT molecular complexity index is 541. The van der Waals surface area contributed by atoms with Gasteiger partial charge in [-0.15, -0.1) is 0 Å². The van der Waals surface area contributed by atoms with Gasteiger partial charge in [0.25, 0.3) is 0 Å². The molecule has 1 aromatic carbocycles. The van der Waals surface area contributed by atoms with Crippen LogP contribution in [0.4, 0.5) is 0 Å².